The summed E-state index contributed by atoms with van der Waals surface area (Å²) in [5.74, 6) is 0. The third kappa shape index (κ3) is 11.5. The van der Waals surface area contributed by atoms with E-state index in [2.05, 4.69) is 27.6 Å². The monoisotopic (exact) mass is 113 g/mol. The number of hydrogen-bond donors (Lipinski definition) is 0. The van der Waals surface area contributed by atoms with Crippen molar-refractivity contribution in [3.8, 4) is 0 Å². The van der Waals surface area contributed by atoms with E-state index in [9.17, 15) is 0 Å². The first-order chi connectivity index (χ1) is 1.41. The van der Waals surface area contributed by atoms with Crippen molar-refractivity contribution in [2.24, 2.45) is 0 Å². The Kier molecular flexibility index (Phi) is 19.9. The second-order valence-electron chi connectivity index (χ2n) is 0.0583. The van der Waals surface area contributed by atoms with Gasteiger partial charge in [-0.2, -0.15) is 3.84 Å². The van der Waals surface area contributed by atoms with Crippen LogP contribution in [-0.4, -0.2) is 17.4 Å². The minimum Gasteiger partial charge on any atom is -0.166 e. The molecule has 0 saturated heterocycles. The number of hydrogen-bond acceptors (Lipinski definition) is 1. The van der Waals surface area contributed by atoms with Crippen LogP contribution >= 0.6 is 23.7 Å². The van der Waals surface area contributed by atoms with Crippen LogP contribution < -0.4 is 0 Å². The quantitative estimate of drug-likeness (QED) is 0.425. The predicted molar refractivity (Wildman–Crippen MR) is 18.5 cm³/mol. The Hall–Kier alpha value is 1.07. The topological polar surface area (TPSA) is 9.23 Å². The van der Waals surface area contributed by atoms with E-state index in [1.54, 1.807) is 0 Å². The van der Waals surface area contributed by atoms with Crippen LogP contribution in [0.4, 0.5) is 0 Å². The van der Waals surface area contributed by atoms with Crippen molar-refractivity contribution >= 4 is 41.1 Å². The van der Waals surface area contributed by atoms with E-state index in [-0.39, 0.29) is 17.4 Å². The van der Waals surface area contributed by atoms with Crippen molar-refractivity contribution in [2.75, 3.05) is 0 Å². The zero-order valence-electron chi connectivity index (χ0n) is 1.74. The maximum atomic E-state index is 4.26. The molecule has 0 saturated carbocycles. The molecule has 0 atom stereocenters. The van der Waals surface area contributed by atoms with Gasteiger partial charge < -0.3 is 0 Å². The summed E-state index contributed by atoms with van der Waals surface area (Å²) in [5.41, 5.74) is 0. The molecule has 0 amide bonds. The van der Waals surface area contributed by atoms with Gasteiger partial charge in [0.1, 0.15) is 0 Å². The standard InChI is InChI=1S/Al.Cl2O/c;1-3-2/q+3;. The number of halogens is 2. The van der Waals surface area contributed by atoms with Crippen molar-refractivity contribution in [3.05, 3.63) is 0 Å². The van der Waals surface area contributed by atoms with Crippen LogP contribution in [0, 0.1) is 0 Å². The molecule has 0 bridgehead atoms. The summed E-state index contributed by atoms with van der Waals surface area (Å²) < 4.78 is 3.19. The fourth-order valence-corrected chi connectivity index (χ4v) is 0. The van der Waals surface area contributed by atoms with E-state index in [0.717, 1.165) is 0 Å². The molecule has 0 N–H and O–H groups in total. The van der Waals surface area contributed by atoms with Gasteiger partial charge >= 0.3 is 17.4 Å². The summed E-state index contributed by atoms with van der Waals surface area (Å²) in [7, 11) is 0. The third-order valence-corrected chi connectivity index (χ3v) is 0. The maximum Gasteiger partial charge on any atom is 3.00 e. The molecule has 0 aromatic carbocycles. The largest absolute Gasteiger partial charge is 3.00 e. The predicted octanol–water partition coefficient (Wildman–Crippen LogP) is 0.930. The average molecular weight is 114 g/mol. The van der Waals surface area contributed by atoms with Crippen molar-refractivity contribution in [3.63, 3.8) is 0 Å². The van der Waals surface area contributed by atoms with Gasteiger partial charge in [0.25, 0.3) is 0 Å². The van der Waals surface area contributed by atoms with E-state index in [1.165, 1.54) is 0 Å². The van der Waals surface area contributed by atoms with Gasteiger partial charge in [-0.3, -0.25) is 0 Å². The molecule has 0 unspecified atom stereocenters. The molecule has 0 aliphatic heterocycles. The molecule has 0 fully saturated rings. The van der Waals surface area contributed by atoms with Crippen LogP contribution in [0.25, 0.3) is 0 Å². The zero-order chi connectivity index (χ0) is 2.71. The van der Waals surface area contributed by atoms with E-state index in [1.807, 2.05) is 0 Å². The zero-order valence-corrected chi connectivity index (χ0v) is 4.41. The van der Waals surface area contributed by atoms with Gasteiger partial charge in [0.15, 0.2) is 0 Å². The summed E-state index contributed by atoms with van der Waals surface area (Å²) >= 11 is 8.53. The second-order valence-corrected chi connectivity index (χ2v) is 0.525. The minimum atomic E-state index is 0. The average Bonchev–Trinajstić information content (AvgIpc) is 0.918. The molecule has 0 aliphatic rings. The van der Waals surface area contributed by atoms with Gasteiger partial charge in [0.2, 0.25) is 0 Å². The Morgan fingerprint density at radius 2 is 1.25 bits per heavy atom. The minimum absolute atomic E-state index is 0. The summed E-state index contributed by atoms with van der Waals surface area (Å²) in [4.78, 5) is 0. The molecule has 0 spiro atoms. The van der Waals surface area contributed by atoms with Crippen LogP contribution in [0.1, 0.15) is 0 Å². The normalized spacial score (nSPS) is 4.50. The molecule has 20 valence electrons. The first kappa shape index (κ1) is 8.91. The SMILES string of the molecule is ClOCl.[Al+3]. The molecule has 0 rings (SSSR count). The van der Waals surface area contributed by atoms with Crippen LogP contribution in [0.5, 0.6) is 0 Å². The second kappa shape index (κ2) is 8.95. The molecular weight excluding hydrogens is 114 g/mol. The molecule has 4 heteroatoms. The van der Waals surface area contributed by atoms with Crippen molar-refractivity contribution < 1.29 is 3.84 Å². The van der Waals surface area contributed by atoms with Gasteiger partial charge in [-0.05, 0) is 0 Å². The van der Waals surface area contributed by atoms with E-state index in [0.29, 0.717) is 0 Å². The van der Waals surface area contributed by atoms with Crippen LogP contribution in [0.2, 0.25) is 0 Å². The first-order valence-electron chi connectivity index (χ1n) is 0.309. The Balaban J connectivity index is 0. The number of rotatable bonds is 0. The summed E-state index contributed by atoms with van der Waals surface area (Å²) in [6.07, 6.45) is 0. The summed E-state index contributed by atoms with van der Waals surface area (Å²) in [6.45, 7) is 0. The van der Waals surface area contributed by atoms with Crippen molar-refractivity contribution in [2.45, 2.75) is 0 Å². The molecule has 4 heavy (non-hydrogen) atoms. The molecular formula is AlCl2O+3. The fraction of sp³-hybridized carbons (Fsp3) is 0. The van der Waals surface area contributed by atoms with E-state index in [4.69, 9.17) is 0 Å². The smallest absolute Gasteiger partial charge is 0.166 e. The third-order valence-electron chi connectivity index (χ3n) is 0. The van der Waals surface area contributed by atoms with E-state index >= 15 is 0 Å². The van der Waals surface area contributed by atoms with Crippen LogP contribution in [0.15, 0.2) is 0 Å². The van der Waals surface area contributed by atoms with Crippen LogP contribution in [0.3, 0.4) is 0 Å². The summed E-state index contributed by atoms with van der Waals surface area (Å²) in [6, 6.07) is 0. The van der Waals surface area contributed by atoms with Gasteiger partial charge in [-0.15, -0.1) is 0 Å². The van der Waals surface area contributed by atoms with Crippen LogP contribution in [-0.2, 0) is 3.84 Å². The Morgan fingerprint density at radius 1 is 1.25 bits per heavy atom. The first-order valence-corrected chi connectivity index (χ1v) is 0.926. The molecule has 0 radical (unpaired) electrons. The van der Waals surface area contributed by atoms with Crippen molar-refractivity contribution in [1.29, 1.82) is 0 Å². The fourth-order valence-electron chi connectivity index (χ4n) is 0. The molecule has 0 aromatic heterocycles. The molecule has 0 aromatic rings. The van der Waals surface area contributed by atoms with Crippen molar-refractivity contribution in [1.82, 2.24) is 0 Å². The molecule has 0 heterocycles. The molecule has 0 aliphatic carbocycles. The molecule has 1 nitrogen and oxygen atoms in total. The Labute approximate surface area is 45.3 Å². The maximum absolute atomic E-state index is 4.26. The Morgan fingerprint density at radius 3 is 1.25 bits per heavy atom. The van der Waals surface area contributed by atoms with Gasteiger partial charge in [0.05, 0.1) is 23.7 Å². The van der Waals surface area contributed by atoms with Gasteiger partial charge in [0, 0.05) is 0 Å². The van der Waals surface area contributed by atoms with E-state index < -0.39 is 0 Å². The summed E-state index contributed by atoms with van der Waals surface area (Å²) in [5, 5.41) is 0. The van der Waals surface area contributed by atoms with Gasteiger partial charge in [-0.1, -0.05) is 0 Å². The Bertz CT molecular complexity index is 6.00. The van der Waals surface area contributed by atoms with Gasteiger partial charge in [-0.25, -0.2) is 0 Å².